The van der Waals surface area contributed by atoms with Crippen molar-refractivity contribution in [1.82, 2.24) is 9.88 Å². The number of aromatic nitrogens is 1. The number of thiazole rings is 1. The van der Waals surface area contributed by atoms with Crippen LogP contribution in [0.15, 0.2) is 6.07 Å². The summed E-state index contributed by atoms with van der Waals surface area (Å²) < 4.78 is 12.1. The Hall–Kier alpha value is -1.37. The van der Waals surface area contributed by atoms with Crippen LogP contribution >= 0.6 is 11.3 Å². The molecule has 2 heterocycles. The Kier molecular flexibility index (Phi) is 4.81. The SMILES string of the molecule is COc1c(C)cc(C)c2sc(NCCN3CCOCC3)nc12. The molecule has 0 unspecified atom stereocenters. The minimum atomic E-state index is 0.844. The van der Waals surface area contributed by atoms with E-state index < -0.39 is 0 Å². The monoisotopic (exact) mass is 321 g/mol. The van der Waals surface area contributed by atoms with Gasteiger partial charge in [0.15, 0.2) is 5.13 Å². The fraction of sp³-hybridized carbons (Fsp3) is 0.562. The summed E-state index contributed by atoms with van der Waals surface area (Å²) in [6, 6.07) is 2.16. The molecule has 0 radical (unpaired) electrons. The van der Waals surface area contributed by atoms with Crippen molar-refractivity contribution in [2.45, 2.75) is 13.8 Å². The third-order valence-electron chi connectivity index (χ3n) is 4.00. The van der Waals surface area contributed by atoms with Gasteiger partial charge in [-0.25, -0.2) is 4.98 Å². The summed E-state index contributed by atoms with van der Waals surface area (Å²) in [6.45, 7) is 9.85. The summed E-state index contributed by atoms with van der Waals surface area (Å²) in [5, 5.41) is 4.42. The van der Waals surface area contributed by atoms with Crippen molar-refractivity contribution in [2.75, 3.05) is 51.8 Å². The molecule has 0 amide bonds. The van der Waals surface area contributed by atoms with Gasteiger partial charge < -0.3 is 14.8 Å². The molecule has 22 heavy (non-hydrogen) atoms. The summed E-state index contributed by atoms with van der Waals surface area (Å²) in [5.74, 6) is 0.887. The number of rotatable bonds is 5. The van der Waals surface area contributed by atoms with Gasteiger partial charge >= 0.3 is 0 Å². The van der Waals surface area contributed by atoms with Crippen LogP contribution in [0.5, 0.6) is 5.75 Å². The third kappa shape index (κ3) is 3.19. The first-order chi connectivity index (χ1) is 10.7. The molecule has 0 spiro atoms. The summed E-state index contributed by atoms with van der Waals surface area (Å²) in [5.41, 5.74) is 3.36. The van der Waals surface area contributed by atoms with Gasteiger partial charge in [-0.15, -0.1) is 0 Å². The van der Waals surface area contributed by atoms with E-state index >= 15 is 0 Å². The highest BCUT2D eigenvalue weighted by molar-refractivity contribution is 7.22. The van der Waals surface area contributed by atoms with Gasteiger partial charge in [-0.1, -0.05) is 17.4 Å². The number of methoxy groups -OCH3 is 1. The molecule has 0 saturated carbocycles. The molecule has 1 saturated heterocycles. The topological polar surface area (TPSA) is 46.6 Å². The molecule has 1 fully saturated rings. The maximum atomic E-state index is 5.52. The second kappa shape index (κ2) is 6.81. The first-order valence-electron chi connectivity index (χ1n) is 7.67. The summed E-state index contributed by atoms with van der Waals surface area (Å²) in [4.78, 5) is 7.14. The quantitative estimate of drug-likeness (QED) is 0.917. The Bertz CT molecular complexity index is 650. The van der Waals surface area contributed by atoms with Crippen LogP contribution < -0.4 is 10.1 Å². The predicted molar refractivity (Wildman–Crippen MR) is 91.4 cm³/mol. The number of hydrogen-bond donors (Lipinski definition) is 1. The Morgan fingerprint density at radius 1 is 1.32 bits per heavy atom. The van der Waals surface area contributed by atoms with Gasteiger partial charge in [0.1, 0.15) is 11.3 Å². The molecule has 3 rings (SSSR count). The van der Waals surface area contributed by atoms with E-state index in [2.05, 4.69) is 30.1 Å². The van der Waals surface area contributed by atoms with Gasteiger partial charge in [0.05, 0.1) is 25.0 Å². The number of anilines is 1. The largest absolute Gasteiger partial charge is 0.494 e. The zero-order valence-electron chi connectivity index (χ0n) is 13.4. The average molecular weight is 321 g/mol. The van der Waals surface area contributed by atoms with E-state index in [1.807, 2.05) is 0 Å². The first-order valence-corrected chi connectivity index (χ1v) is 8.49. The maximum absolute atomic E-state index is 5.52. The fourth-order valence-electron chi connectivity index (χ4n) is 2.86. The number of morpholine rings is 1. The molecule has 1 aromatic heterocycles. The molecule has 0 aliphatic carbocycles. The Morgan fingerprint density at radius 2 is 2.09 bits per heavy atom. The molecule has 1 aliphatic heterocycles. The number of nitrogens with zero attached hydrogens (tertiary/aromatic N) is 2. The minimum Gasteiger partial charge on any atom is -0.494 e. The van der Waals surface area contributed by atoms with Crippen LogP contribution in [0.25, 0.3) is 10.2 Å². The van der Waals surface area contributed by atoms with Gasteiger partial charge in [0, 0.05) is 26.2 Å². The number of hydrogen-bond acceptors (Lipinski definition) is 6. The Balaban J connectivity index is 1.70. The van der Waals surface area contributed by atoms with E-state index in [0.29, 0.717) is 0 Å². The van der Waals surface area contributed by atoms with Gasteiger partial charge in [-0.3, -0.25) is 4.90 Å². The lowest BCUT2D eigenvalue weighted by atomic mass is 10.1. The standard InChI is InChI=1S/C16H23N3O2S/c1-11-10-12(2)15-13(14(11)20-3)18-16(22-15)17-4-5-19-6-8-21-9-7-19/h10H,4-9H2,1-3H3,(H,17,18). The number of aryl methyl sites for hydroxylation is 2. The van der Waals surface area contributed by atoms with Gasteiger partial charge in [-0.2, -0.15) is 0 Å². The van der Waals surface area contributed by atoms with Gasteiger partial charge in [0.2, 0.25) is 0 Å². The average Bonchev–Trinajstić information content (AvgIpc) is 2.93. The van der Waals surface area contributed by atoms with E-state index in [1.54, 1.807) is 18.4 Å². The van der Waals surface area contributed by atoms with E-state index in [9.17, 15) is 0 Å². The third-order valence-corrected chi connectivity index (χ3v) is 5.15. The van der Waals surface area contributed by atoms with Crippen LogP contribution in [-0.2, 0) is 4.74 Å². The number of nitrogens with one attached hydrogen (secondary N) is 1. The Labute approximate surface area is 135 Å². The van der Waals surface area contributed by atoms with Crippen molar-refractivity contribution in [1.29, 1.82) is 0 Å². The molecule has 0 bridgehead atoms. The maximum Gasteiger partial charge on any atom is 0.183 e. The van der Waals surface area contributed by atoms with Crippen LogP contribution in [0.2, 0.25) is 0 Å². The lowest BCUT2D eigenvalue weighted by Gasteiger charge is -2.26. The molecule has 2 aromatic rings. The van der Waals surface area contributed by atoms with E-state index in [4.69, 9.17) is 14.5 Å². The summed E-state index contributed by atoms with van der Waals surface area (Å²) >= 11 is 1.70. The van der Waals surface area contributed by atoms with Gasteiger partial charge in [0.25, 0.3) is 0 Å². The second-order valence-electron chi connectivity index (χ2n) is 5.62. The highest BCUT2D eigenvalue weighted by Gasteiger charge is 2.14. The molecular formula is C16H23N3O2S. The van der Waals surface area contributed by atoms with Crippen LogP contribution in [0.4, 0.5) is 5.13 Å². The molecule has 1 aromatic carbocycles. The molecular weight excluding hydrogens is 298 g/mol. The van der Waals surface area contributed by atoms with Crippen molar-refractivity contribution in [3.8, 4) is 5.75 Å². The number of fused-ring (bicyclic) bond motifs is 1. The molecule has 0 atom stereocenters. The lowest BCUT2D eigenvalue weighted by molar-refractivity contribution is 0.0398. The van der Waals surface area contributed by atoms with Crippen molar-refractivity contribution >= 4 is 26.7 Å². The minimum absolute atomic E-state index is 0.844. The molecule has 1 N–H and O–H groups in total. The Morgan fingerprint density at radius 3 is 2.82 bits per heavy atom. The molecule has 5 nitrogen and oxygen atoms in total. The van der Waals surface area contributed by atoms with Crippen LogP contribution in [-0.4, -0.2) is 56.4 Å². The van der Waals surface area contributed by atoms with E-state index in [-0.39, 0.29) is 0 Å². The van der Waals surface area contributed by atoms with Crippen LogP contribution in [0, 0.1) is 13.8 Å². The zero-order valence-corrected chi connectivity index (χ0v) is 14.3. The van der Waals surface area contributed by atoms with E-state index in [1.165, 1.54) is 10.3 Å². The van der Waals surface area contributed by atoms with Crippen LogP contribution in [0.1, 0.15) is 11.1 Å². The normalized spacial score (nSPS) is 16.1. The molecule has 6 heteroatoms. The molecule has 1 aliphatic rings. The highest BCUT2D eigenvalue weighted by Crippen LogP contribution is 2.37. The van der Waals surface area contributed by atoms with Gasteiger partial charge in [-0.05, 0) is 25.0 Å². The van der Waals surface area contributed by atoms with Crippen LogP contribution in [0.3, 0.4) is 0 Å². The fourth-order valence-corrected chi connectivity index (χ4v) is 3.82. The smallest absolute Gasteiger partial charge is 0.183 e. The second-order valence-corrected chi connectivity index (χ2v) is 6.62. The summed E-state index contributed by atoms with van der Waals surface area (Å²) in [6.07, 6.45) is 0. The van der Waals surface area contributed by atoms with E-state index in [0.717, 1.165) is 61.4 Å². The lowest BCUT2D eigenvalue weighted by Crippen LogP contribution is -2.38. The predicted octanol–water partition coefficient (Wildman–Crippen LogP) is 2.67. The van der Waals surface area contributed by atoms with Crippen molar-refractivity contribution < 1.29 is 9.47 Å². The van der Waals surface area contributed by atoms with Crippen molar-refractivity contribution in [2.24, 2.45) is 0 Å². The number of benzene rings is 1. The summed E-state index contributed by atoms with van der Waals surface area (Å²) in [7, 11) is 1.71. The number of ether oxygens (including phenoxy) is 2. The molecule has 120 valence electrons. The van der Waals surface area contributed by atoms with Crippen molar-refractivity contribution in [3.63, 3.8) is 0 Å². The zero-order chi connectivity index (χ0) is 15.5. The first kappa shape index (κ1) is 15.5. The van der Waals surface area contributed by atoms with Crippen molar-refractivity contribution in [3.05, 3.63) is 17.2 Å². The highest BCUT2D eigenvalue weighted by atomic mass is 32.1.